The Kier molecular flexibility index (Phi) is 10.3. The summed E-state index contributed by atoms with van der Waals surface area (Å²) in [5, 5.41) is 5.95. The Balaban J connectivity index is 1.57. The molecule has 1 saturated heterocycles. The summed E-state index contributed by atoms with van der Waals surface area (Å²) in [7, 11) is 2.05. The molecule has 36 heavy (non-hydrogen) atoms. The van der Waals surface area contributed by atoms with Gasteiger partial charge in [-0.15, -0.1) is 0 Å². The summed E-state index contributed by atoms with van der Waals surface area (Å²) in [6.45, 7) is 7.09. The van der Waals surface area contributed by atoms with Crippen molar-refractivity contribution in [3.63, 3.8) is 0 Å². The predicted molar refractivity (Wildman–Crippen MR) is 142 cm³/mol. The maximum Gasteiger partial charge on any atom is 0.245 e. The highest BCUT2D eigenvalue weighted by Crippen LogP contribution is 2.30. The maximum atomic E-state index is 13.2. The van der Waals surface area contributed by atoms with Gasteiger partial charge in [0.15, 0.2) is 0 Å². The van der Waals surface area contributed by atoms with E-state index in [9.17, 15) is 14.4 Å². The predicted octanol–water partition coefficient (Wildman–Crippen LogP) is 2.20. The summed E-state index contributed by atoms with van der Waals surface area (Å²) in [4.78, 5) is 42.3. The van der Waals surface area contributed by atoms with Crippen LogP contribution >= 0.6 is 0 Å². The molecular formula is C28H45N5O3. The molecule has 3 rings (SSSR count). The van der Waals surface area contributed by atoms with E-state index in [2.05, 4.69) is 15.5 Å². The van der Waals surface area contributed by atoms with E-state index in [1.165, 1.54) is 12.8 Å². The number of carbonyl (C=O) groups excluding carboxylic acids is 3. The number of nitrogens with two attached hydrogens (primary N) is 1. The molecule has 0 radical (unpaired) electrons. The normalized spacial score (nSPS) is 20.2. The second-order valence-electron chi connectivity index (χ2n) is 10.8. The lowest BCUT2D eigenvalue weighted by Crippen LogP contribution is -2.56. The van der Waals surface area contributed by atoms with E-state index in [1.54, 1.807) is 6.92 Å². The molecular weight excluding hydrogens is 454 g/mol. The molecule has 200 valence electrons. The van der Waals surface area contributed by atoms with Crippen molar-refractivity contribution < 1.29 is 14.4 Å². The Labute approximate surface area is 216 Å². The van der Waals surface area contributed by atoms with Gasteiger partial charge in [0.05, 0.1) is 5.54 Å². The topological polar surface area (TPSA) is 108 Å². The third-order valence-electron chi connectivity index (χ3n) is 7.88. The highest BCUT2D eigenvalue weighted by atomic mass is 16.2. The second kappa shape index (κ2) is 13.2. The molecule has 0 unspecified atom stereocenters. The standard InChI is InChI=1S/C28H45N5O3/c1-4-25(34)31-24(26(35)33-17-15-32(3)16-18-33)19-21-11-13-22(14-12-21)20-30-27(36)28(2,29)23-9-7-5-6-8-10-23/h11-14,23-24H,4-10,15-20,29H2,1-3H3,(H,30,36)(H,31,34)/t24-,28-/m1/s1. The Morgan fingerprint density at radius 2 is 1.58 bits per heavy atom. The number of nitrogens with zero attached hydrogens (tertiary/aromatic N) is 2. The van der Waals surface area contributed by atoms with Gasteiger partial charge < -0.3 is 26.2 Å². The van der Waals surface area contributed by atoms with Crippen LogP contribution in [-0.2, 0) is 27.3 Å². The fourth-order valence-electron chi connectivity index (χ4n) is 5.21. The molecule has 2 aliphatic rings. The lowest BCUT2D eigenvalue weighted by Gasteiger charge is -2.34. The van der Waals surface area contributed by atoms with Crippen LogP contribution in [0.5, 0.6) is 0 Å². The number of nitrogens with one attached hydrogen (secondary N) is 2. The van der Waals surface area contributed by atoms with Crippen LogP contribution in [-0.4, -0.2) is 72.3 Å². The molecule has 3 amide bonds. The molecule has 1 saturated carbocycles. The van der Waals surface area contributed by atoms with Crippen LogP contribution in [0.3, 0.4) is 0 Å². The van der Waals surface area contributed by atoms with Gasteiger partial charge in [-0.1, -0.05) is 56.9 Å². The summed E-state index contributed by atoms with van der Waals surface area (Å²) >= 11 is 0. The number of amides is 3. The van der Waals surface area contributed by atoms with Crippen LogP contribution in [0.15, 0.2) is 24.3 Å². The Morgan fingerprint density at radius 1 is 1.00 bits per heavy atom. The molecule has 2 fully saturated rings. The summed E-state index contributed by atoms with van der Waals surface area (Å²) in [6, 6.07) is 7.29. The van der Waals surface area contributed by atoms with E-state index < -0.39 is 11.6 Å². The maximum absolute atomic E-state index is 13.2. The lowest BCUT2D eigenvalue weighted by molar-refractivity contribution is -0.137. The van der Waals surface area contributed by atoms with Crippen molar-refractivity contribution in [3.05, 3.63) is 35.4 Å². The Hall–Kier alpha value is -2.45. The molecule has 8 heteroatoms. The Bertz CT molecular complexity index is 870. The minimum Gasteiger partial charge on any atom is -0.350 e. The fourth-order valence-corrected chi connectivity index (χ4v) is 5.21. The number of benzene rings is 1. The number of rotatable bonds is 9. The molecule has 4 N–H and O–H groups in total. The first-order valence-corrected chi connectivity index (χ1v) is 13.6. The largest absolute Gasteiger partial charge is 0.350 e. The summed E-state index contributed by atoms with van der Waals surface area (Å²) in [5.41, 5.74) is 7.59. The van der Waals surface area contributed by atoms with E-state index in [0.29, 0.717) is 32.5 Å². The van der Waals surface area contributed by atoms with Gasteiger partial charge in [-0.2, -0.15) is 0 Å². The molecule has 0 bridgehead atoms. The molecule has 1 aromatic rings. The van der Waals surface area contributed by atoms with Crippen molar-refractivity contribution in [2.45, 2.75) is 83.3 Å². The second-order valence-corrected chi connectivity index (χ2v) is 10.8. The van der Waals surface area contributed by atoms with E-state index in [4.69, 9.17) is 5.73 Å². The highest BCUT2D eigenvalue weighted by Gasteiger charge is 2.37. The van der Waals surface area contributed by atoms with Gasteiger partial charge in [0.1, 0.15) is 6.04 Å². The molecule has 2 atom stereocenters. The number of piperazine rings is 1. The van der Waals surface area contributed by atoms with Crippen LogP contribution in [0.2, 0.25) is 0 Å². The molecule has 1 aliphatic carbocycles. The zero-order chi connectivity index (χ0) is 26.1. The molecule has 0 spiro atoms. The zero-order valence-corrected chi connectivity index (χ0v) is 22.4. The highest BCUT2D eigenvalue weighted by molar-refractivity contribution is 5.88. The van der Waals surface area contributed by atoms with Gasteiger partial charge >= 0.3 is 0 Å². The average molecular weight is 500 g/mol. The monoisotopic (exact) mass is 499 g/mol. The van der Waals surface area contributed by atoms with Gasteiger partial charge in [0.25, 0.3) is 0 Å². The minimum absolute atomic E-state index is 0.0259. The first-order valence-electron chi connectivity index (χ1n) is 13.6. The van der Waals surface area contributed by atoms with Crippen LogP contribution in [0.4, 0.5) is 0 Å². The van der Waals surface area contributed by atoms with Crippen LogP contribution < -0.4 is 16.4 Å². The van der Waals surface area contributed by atoms with Crippen molar-refractivity contribution in [1.29, 1.82) is 0 Å². The smallest absolute Gasteiger partial charge is 0.245 e. The minimum atomic E-state index is -0.862. The summed E-state index contributed by atoms with van der Waals surface area (Å²) in [6.07, 6.45) is 7.54. The van der Waals surface area contributed by atoms with Crippen molar-refractivity contribution in [3.8, 4) is 0 Å². The molecule has 1 aliphatic heterocycles. The third kappa shape index (κ3) is 7.77. The first-order chi connectivity index (χ1) is 17.2. The van der Waals surface area contributed by atoms with Crippen LogP contribution in [0.25, 0.3) is 0 Å². The number of carbonyl (C=O) groups is 3. The quantitative estimate of drug-likeness (QED) is 0.452. The third-order valence-corrected chi connectivity index (χ3v) is 7.88. The SMILES string of the molecule is CCC(=O)N[C@H](Cc1ccc(CNC(=O)[C@](C)(N)C2CCCCCC2)cc1)C(=O)N1CCN(C)CC1. The van der Waals surface area contributed by atoms with Crippen LogP contribution in [0.1, 0.15) is 69.9 Å². The number of hydrogen-bond acceptors (Lipinski definition) is 5. The molecule has 0 aromatic heterocycles. The van der Waals surface area contributed by atoms with E-state index in [-0.39, 0.29) is 23.6 Å². The molecule has 8 nitrogen and oxygen atoms in total. The number of hydrogen-bond donors (Lipinski definition) is 3. The average Bonchev–Trinajstić information content (AvgIpc) is 3.18. The van der Waals surface area contributed by atoms with Gasteiger partial charge in [-0.25, -0.2) is 0 Å². The fraction of sp³-hybridized carbons (Fsp3) is 0.679. The van der Waals surface area contributed by atoms with Gasteiger partial charge in [-0.3, -0.25) is 14.4 Å². The lowest BCUT2D eigenvalue weighted by atomic mass is 9.80. The van der Waals surface area contributed by atoms with Gasteiger partial charge in [0.2, 0.25) is 17.7 Å². The molecule has 1 aromatic carbocycles. The van der Waals surface area contributed by atoms with Crippen LogP contribution in [0, 0.1) is 5.92 Å². The van der Waals surface area contributed by atoms with Crippen molar-refractivity contribution in [2.24, 2.45) is 11.7 Å². The number of likely N-dealkylation sites (N-methyl/N-ethyl adjacent to an activating group) is 1. The van der Waals surface area contributed by atoms with Crippen molar-refractivity contribution in [1.82, 2.24) is 20.4 Å². The summed E-state index contributed by atoms with van der Waals surface area (Å²) < 4.78 is 0. The van der Waals surface area contributed by atoms with Crippen molar-refractivity contribution in [2.75, 3.05) is 33.2 Å². The van der Waals surface area contributed by atoms with E-state index in [0.717, 1.165) is 49.9 Å². The van der Waals surface area contributed by atoms with E-state index in [1.807, 2.05) is 43.1 Å². The van der Waals surface area contributed by atoms with E-state index >= 15 is 0 Å². The molecule has 1 heterocycles. The zero-order valence-electron chi connectivity index (χ0n) is 22.4. The summed E-state index contributed by atoms with van der Waals surface area (Å²) in [5.74, 6) is -0.0311. The van der Waals surface area contributed by atoms with Crippen molar-refractivity contribution >= 4 is 17.7 Å². The first kappa shape index (κ1) is 28.1. The Morgan fingerprint density at radius 3 is 2.17 bits per heavy atom. The van der Waals surface area contributed by atoms with Gasteiger partial charge in [0, 0.05) is 45.6 Å². The van der Waals surface area contributed by atoms with Gasteiger partial charge in [-0.05, 0) is 43.9 Å².